The Morgan fingerprint density at radius 2 is 1.95 bits per heavy atom. The molecule has 2 unspecified atom stereocenters. The quantitative estimate of drug-likeness (QED) is 0.849. The van der Waals surface area contributed by atoms with Crippen LogP contribution in [0.4, 0.5) is 5.69 Å². The third kappa shape index (κ3) is 3.06. The first kappa shape index (κ1) is 15.2. The summed E-state index contributed by atoms with van der Waals surface area (Å²) in [5.41, 5.74) is 12.7. The highest BCUT2D eigenvalue weighted by atomic mass is 14.9. The summed E-state index contributed by atoms with van der Waals surface area (Å²) in [6, 6.07) is 7.14. The Balaban J connectivity index is 1.65. The van der Waals surface area contributed by atoms with Crippen molar-refractivity contribution in [1.82, 2.24) is 0 Å². The van der Waals surface area contributed by atoms with Crippen LogP contribution < -0.4 is 11.1 Å². The standard InChI is InChI=1S/C20H28N2/c1-13-5-4-6-20(15(13)3)22-18-9-7-17(12-18)16-8-10-19(21)14(2)11-16/h4-6,8,10,14,17-18,22H,7,9,11-12,21H2,1-3H3/t14-,17?,18?/m0/s1. The maximum absolute atomic E-state index is 6.00. The van der Waals surface area contributed by atoms with E-state index in [1.165, 1.54) is 36.1 Å². The molecule has 0 radical (unpaired) electrons. The molecule has 1 fully saturated rings. The Bertz CT molecular complexity index is 612. The van der Waals surface area contributed by atoms with Crippen molar-refractivity contribution in [1.29, 1.82) is 0 Å². The number of benzene rings is 1. The Morgan fingerprint density at radius 3 is 2.73 bits per heavy atom. The van der Waals surface area contributed by atoms with E-state index in [0.717, 1.165) is 18.0 Å². The Labute approximate surface area is 134 Å². The van der Waals surface area contributed by atoms with Gasteiger partial charge in [0.2, 0.25) is 0 Å². The topological polar surface area (TPSA) is 38.0 Å². The number of anilines is 1. The molecule has 3 atom stereocenters. The average molecular weight is 296 g/mol. The van der Waals surface area contributed by atoms with Crippen molar-refractivity contribution in [2.45, 2.75) is 52.5 Å². The second-order valence-corrected chi connectivity index (χ2v) is 7.11. The van der Waals surface area contributed by atoms with Gasteiger partial charge in [-0.2, -0.15) is 0 Å². The van der Waals surface area contributed by atoms with E-state index in [0.29, 0.717) is 12.0 Å². The van der Waals surface area contributed by atoms with Crippen LogP contribution in [0, 0.1) is 25.7 Å². The van der Waals surface area contributed by atoms with Crippen molar-refractivity contribution in [2.24, 2.45) is 17.6 Å². The summed E-state index contributed by atoms with van der Waals surface area (Å²) in [6.07, 6.45) is 9.36. The van der Waals surface area contributed by atoms with Gasteiger partial charge in [-0.25, -0.2) is 0 Å². The van der Waals surface area contributed by atoms with Crippen molar-refractivity contribution >= 4 is 5.69 Å². The molecule has 0 heterocycles. The second-order valence-electron chi connectivity index (χ2n) is 7.11. The summed E-state index contributed by atoms with van der Waals surface area (Å²) in [4.78, 5) is 0. The SMILES string of the molecule is Cc1cccc(NC2CCC(C3=CC=C(N)[C@@H](C)C3)C2)c1C. The number of allylic oxidation sites excluding steroid dienone is 4. The molecule has 1 aromatic carbocycles. The number of rotatable bonds is 3. The van der Waals surface area contributed by atoms with Crippen molar-refractivity contribution in [3.63, 3.8) is 0 Å². The molecule has 0 saturated heterocycles. The molecule has 1 aromatic rings. The van der Waals surface area contributed by atoms with Crippen LogP contribution in [-0.2, 0) is 0 Å². The predicted molar refractivity (Wildman–Crippen MR) is 94.8 cm³/mol. The third-order valence-electron chi connectivity index (χ3n) is 5.52. The minimum absolute atomic E-state index is 0.506. The van der Waals surface area contributed by atoms with Crippen LogP contribution in [0.5, 0.6) is 0 Å². The van der Waals surface area contributed by atoms with Crippen LogP contribution in [-0.4, -0.2) is 6.04 Å². The number of nitrogens with one attached hydrogen (secondary N) is 1. The van der Waals surface area contributed by atoms with E-state index in [-0.39, 0.29) is 0 Å². The van der Waals surface area contributed by atoms with Gasteiger partial charge in [0.1, 0.15) is 0 Å². The minimum atomic E-state index is 0.506. The molecule has 0 amide bonds. The molecular formula is C20H28N2. The molecule has 3 N–H and O–H groups in total. The Hall–Kier alpha value is -1.70. The zero-order chi connectivity index (χ0) is 15.7. The summed E-state index contributed by atoms with van der Waals surface area (Å²) in [6.45, 7) is 6.63. The molecule has 2 nitrogen and oxygen atoms in total. The first-order chi connectivity index (χ1) is 10.5. The highest BCUT2D eigenvalue weighted by Gasteiger charge is 2.29. The summed E-state index contributed by atoms with van der Waals surface area (Å²) < 4.78 is 0. The zero-order valence-corrected chi connectivity index (χ0v) is 14.0. The molecule has 0 aliphatic heterocycles. The molecule has 118 valence electrons. The van der Waals surface area contributed by atoms with E-state index < -0.39 is 0 Å². The molecule has 3 rings (SSSR count). The van der Waals surface area contributed by atoms with Gasteiger partial charge in [0, 0.05) is 17.4 Å². The maximum Gasteiger partial charge on any atom is 0.0374 e. The molecule has 0 spiro atoms. The van der Waals surface area contributed by atoms with Crippen molar-refractivity contribution in [3.05, 3.63) is 52.7 Å². The third-order valence-corrected chi connectivity index (χ3v) is 5.52. The van der Waals surface area contributed by atoms with E-state index >= 15 is 0 Å². The van der Waals surface area contributed by atoms with E-state index in [1.807, 2.05) is 0 Å². The van der Waals surface area contributed by atoms with Crippen LogP contribution >= 0.6 is 0 Å². The van der Waals surface area contributed by atoms with E-state index in [9.17, 15) is 0 Å². The maximum atomic E-state index is 6.00. The molecule has 2 aliphatic rings. The smallest absolute Gasteiger partial charge is 0.0374 e. The van der Waals surface area contributed by atoms with Crippen molar-refractivity contribution in [2.75, 3.05) is 5.32 Å². The number of hydrogen-bond acceptors (Lipinski definition) is 2. The lowest BCUT2D eigenvalue weighted by molar-refractivity contribution is 0.545. The van der Waals surface area contributed by atoms with E-state index in [1.54, 1.807) is 5.57 Å². The fourth-order valence-corrected chi connectivity index (χ4v) is 3.79. The molecular weight excluding hydrogens is 268 g/mol. The lowest BCUT2D eigenvalue weighted by Gasteiger charge is -2.23. The van der Waals surface area contributed by atoms with Crippen LogP contribution in [0.25, 0.3) is 0 Å². The fraction of sp³-hybridized carbons (Fsp3) is 0.500. The van der Waals surface area contributed by atoms with Gasteiger partial charge in [0.25, 0.3) is 0 Å². The molecule has 2 aliphatic carbocycles. The van der Waals surface area contributed by atoms with Gasteiger partial charge >= 0.3 is 0 Å². The fourth-order valence-electron chi connectivity index (χ4n) is 3.79. The molecule has 0 aromatic heterocycles. The van der Waals surface area contributed by atoms with Gasteiger partial charge in [-0.15, -0.1) is 0 Å². The lowest BCUT2D eigenvalue weighted by Crippen LogP contribution is -2.18. The van der Waals surface area contributed by atoms with Gasteiger partial charge in [0.15, 0.2) is 0 Å². The summed E-state index contributed by atoms with van der Waals surface area (Å²) in [7, 11) is 0. The Morgan fingerprint density at radius 1 is 1.14 bits per heavy atom. The van der Waals surface area contributed by atoms with Crippen LogP contribution in [0.1, 0.15) is 43.7 Å². The largest absolute Gasteiger partial charge is 0.402 e. The normalized spacial score (nSPS) is 28.2. The number of hydrogen-bond donors (Lipinski definition) is 2. The van der Waals surface area contributed by atoms with Crippen LogP contribution in [0.3, 0.4) is 0 Å². The van der Waals surface area contributed by atoms with Crippen molar-refractivity contribution in [3.8, 4) is 0 Å². The lowest BCUT2D eigenvalue weighted by atomic mass is 9.85. The monoisotopic (exact) mass is 296 g/mol. The number of aryl methyl sites for hydroxylation is 1. The van der Waals surface area contributed by atoms with Gasteiger partial charge in [-0.05, 0) is 74.6 Å². The van der Waals surface area contributed by atoms with Gasteiger partial charge in [0.05, 0.1) is 0 Å². The zero-order valence-electron chi connectivity index (χ0n) is 14.0. The first-order valence-corrected chi connectivity index (χ1v) is 8.53. The molecule has 2 heteroatoms. The second kappa shape index (κ2) is 6.20. The first-order valence-electron chi connectivity index (χ1n) is 8.53. The highest BCUT2D eigenvalue weighted by Crippen LogP contribution is 2.38. The minimum Gasteiger partial charge on any atom is -0.402 e. The Kier molecular flexibility index (Phi) is 4.28. The van der Waals surface area contributed by atoms with E-state index in [2.05, 4.69) is 56.4 Å². The molecule has 1 saturated carbocycles. The van der Waals surface area contributed by atoms with Crippen molar-refractivity contribution < 1.29 is 0 Å². The molecule has 22 heavy (non-hydrogen) atoms. The number of nitrogens with two attached hydrogens (primary N) is 1. The van der Waals surface area contributed by atoms with Gasteiger partial charge < -0.3 is 11.1 Å². The summed E-state index contributed by atoms with van der Waals surface area (Å²) >= 11 is 0. The van der Waals surface area contributed by atoms with Crippen LogP contribution in [0.15, 0.2) is 41.6 Å². The predicted octanol–water partition coefficient (Wildman–Crippen LogP) is 4.69. The average Bonchev–Trinajstić information content (AvgIpc) is 2.95. The molecule has 0 bridgehead atoms. The van der Waals surface area contributed by atoms with Crippen LogP contribution in [0.2, 0.25) is 0 Å². The van der Waals surface area contributed by atoms with E-state index in [4.69, 9.17) is 5.73 Å². The summed E-state index contributed by atoms with van der Waals surface area (Å²) in [5.74, 6) is 1.24. The van der Waals surface area contributed by atoms with Gasteiger partial charge in [-0.3, -0.25) is 0 Å². The summed E-state index contributed by atoms with van der Waals surface area (Å²) in [5, 5.41) is 3.77. The van der Waals surface area contributed by atoms with Gasteiger partial charge in [-0.1, -0.05) is 30.7 Å². The highest BCUT2D eigenvalue weighted by molar-refractivity contribution is 5.54.